The zero-order valence-corrected chi connectivity index (χ0v) is 13.0. The molecule has 0 aliphatic heterocycles. The van der Waals surface area contributed by atoms with Crippen LogP contribution in [0.2, 0.25) is 10.0 Å². The molecule has 112 valence electrons. The lowest BCUT2D eigenvalue weighted by Crippen LogP contribution is -2.12. The maximum absolute atomic E-state index is 12.3. The highest BCUT2D eigenvalue weighted by Crippen LogP contribution is 2.25. The summed E-state index contributed by atoms with van der Waals surface area (Å²) < 4.78 is 6.90. The molecule has 1 aromatic carbocycles. The van der Waals surface area contributed by atoms with Gasteiger partial charge in [0.2, 0.25) is 0 Å². The minimum absolute atomic E-state index is 0.278. The molecule has 22 heavy (non-hydrogen) atoms. The minimum atomic E-state index is -0.341. The highest BCUT2D eigenvalue weighted by Gasteiger charge is 2.15. The Balaban J connectivity index is 1.83. The molecule has 0 saturated heterocycles. The molecule has 3 rings (SSSR count). The topological polar surface area (TPSA) is 60.1 Å². The molecule has 0 aliphatic carbocycles. The van der Waals surface area contributed by atoms with E-state index in [1.807, 2.05) is 0 Å². The van der Waals surface area contributed by atoms with Crippen molar-refractivity contribution in [3.05, 3.63) is 58.4 Å². The molecule has 1 N–H and O–H groups in total. The lowest BCUT2D eigenvalue weighted by atomic mass is 10.2. The van der Waals surface area contributed by atoms with E-state index in [-0.39, 0.29) is 11.6 Å². The lowest BCUT2D eigenvalue weighted by molar-refractivity contribution is 0.102. The van der Waals surface area contributed by atoms with Crippen LogP contribution in [-0.2, 0) is 7.05 Å². The summed E-state index contributed by atoms with van der Waals surface area (Å²) in [6, 6.07) is 10.1. The highest BCUT2D eigenvalue weighted by molar-refractivity contribution is 6.42. The molecule has 2 heterocycles. The molecule has 0 saturated carbocycles. The van der Waals surface area contributed by atoms with Crippen molar-refractivity contribution in [2.45, 2.75) is 0 Å². The summed E-state index contributed by atoms with van der Waals surface area (Å²) in [5.41, 5.74) is 1.54. The number of anilines is 1. The van der Waals surface area contributed by atoms with Crippen molar-refractivity contribution in [3.63, 3.8) is 0 Å². The Kier molecular flexibility index (Phi) is 3.92. The van der Waals surface area contributed by atoms with Crippen molar-refractivity contribution in [3.8, 4) is 11.5 Å². The Bertz CT molecular complexity index is 825. The summed E-state index contributed by atoms with van der Waals surface area (Å²) in [4.78, 5) is 12.3. The van der Waals surface area contributed by atoms with Crippen LogP contribution in [0.3, 0.4) is 0 Å². The molecule has 5 nitrogen and oxygen atoms in total. The number of carbonyl (C=O) groups excluding carboxylic acids is 1. The molecule has 0 spiro atoms. The van der Waals surface area contributed by atoms with E-state index >= 15 is 0 Å². The molecule has 7 heteroatoms. The fourth-order valence-corrected chi connectivity index (χ4v) is 2.30. The predicted molar refractivity (Wildman–Crippen MR) is 85.3 cm³/mol. The van der Waals surface area contributed by atoms with Crippen LogP contribution in [0.4, 0.5) is 5.69 Å². The first-order valence-corrected chi connectivity index (χ1v) is 7.14. The van der Waals surface area contributed by atoms with Crippen molar-refractivity contribution < 1.29 is 9.21 Å². The number of aromatic nitrogens is 2. The van der Waals surface area contributed by atoms with Gasteiger partial charge in [-0.1, -0.05) is 23.2 Å². The van der Waals surface area contributed by atoms with Gasteiger partial charge in [0.15, 0.2) is 11.5 Å². The van der Waals surface area contributed by atoms with Gasteiger partial charge < -0.3 is 9.73 Å². The van der Waals surface area contributed by atoms with Gasteiger partial charge in [0.1, 0.15) is 5.69 Å². The number of rotatable bonds is 3. The van der Waals surface area contributed by atoms with Gasteiger partial charge in [-0.3, -0.25) is 9.48 Å². The van der Waals surface area contributed by atoms with Gasteiger partial charge in [-0.15, -0.1) is 0 Å². The number of halogens is 2. The molecular formula is C15H11Cl2N3O2. The Morgan fingerprint density at radius 1 is 1.23 bits per heavy atom. The summed E-state index contributed by atoms with van der Waals surface area (Å²) in [6.07, 6.45) is 1.57. The van der Waals surface area contributed by atoms with Crippen LogP contribution in [0, 0.1) is 0 Å². The average molecular weight is 336 g/mol. The summed E-state index contributed by atoms with van der Waals surface area (Å²) in [5, 5.41) is 7.71. The maximum Gasteiger partial charge on any atom is 0.276 e. The first kappa shape index (κ1) is 14.7. The number of amides is 1. The van der Waals surface area contributed by atoms with Crippen LogP contribution in [-0.4, -0.2) is 15.7 Å². The highest BCUT2D eigenvalue weighted by atomic mass is 35.5. The maximum atomic E-state index is 12.3. The van der Waals surface area contributed by atoms with E-state index in [4.69, 9.17) is 27.6 Å². The first-order valence-electron chi connectivity index (χ1n) is 6.39. The van der Waals surface area contributed by atoms with Gasteiger partial charge in [0.05, 0.1) is 16.3 Å². The van der Waals surface area contributed by atoms with Crippen molar-refractivity contribution in [2.75, 3.05) is 5.32 Å². The molecule has 2 aromatic heterocycles. The number of nitrogens with zero attached hydrogens (tertiary/aromatic N) is 2. The molecule has 0 unspecified atom stereocenters. The normalized spacial score (nSPS) is 10.7. The third kappa shape index (κ3) is 2.86. The summed E-state index contributed by atoms with van der Waals surface area (Å²) in [7, 11) is 1.74. The van der Waals surface area contributed by atoms with E-state index in [0.717, 1.165) is 0 Å². The fraction of sp³-hybridized carbons (Fsp3) is 0.0667. The van der Waals surface area contributed by atoms with Crippen LogP contribution in [0.5, 0.6) is 0 Å². The molecule has 0 atom stereocenters. The molecule has 0 aliphatic rings. The van der Waals surface area contributed by atoms with Gasteiger partial charge >= 0.3 is 0 Å². The predicted octanol–water partition coefficient (Wildman–Crippen LogP) is 4.24. The van der Waals surface area contributed by atoms with Crippen LogP contribution in [0.15, 0.2) is 47.1 Å². The Morgan fingerprint density at radius 3 is 2.73 bits per heavy atom. The van der Waals surface area contributed by atoms with Gasteiger partial charge in [-0.2, -0.15) is 5.10 Å². The number of furan rings is 1. The smallest absolute Gasteiger partial charge is 0.276 e. The van der Waals surface area contributed by atoms with Crippen LogP contribution < -0.4 is 5.32 Å². The van der Waals surface area contributed by atoms with Crippen LogP contribution >= 0.6 is 23.2 Å². The SMILES string of the molecule is Cn1nc(C(=O)Nc2ccc(Cl)c(Cl)c2)cc1-c1ccco1. The molecular weight excluding hydrogens is 325 g/mol. The second-order valence-corrected chi connectivity index (χ2v) is 5.41. The first-order chi connectivity index (χ1) is 10.5. The number of carbonyl (C=O) groups is 1. The zero-order valence-electron chi connectivity index (χ0n) is 11.5. The van der Waals surface area contributed by atoms with Gasteiger partial charge in [-0.25, -0.2) is 0 Å². The Labute approximate surface area is 136 Å². The average Bonchev–Trinajstić information content (AvgIpc) is 3.12. The van der Waals surface area contributed by atoms with E-state index < -0.39 is 0 Å². The van der Waals surface area contributed by atoms with Crippen molar-refractivity contribution in [2.24, 2.45) is 7.05 Å². The molecule has 0 fully saturated rings. The third-order valence-corrected chi connectivity index (χ3v) is 3.80. The standard InChI is InChI=1S/C15H11Cl2N3O2/c1-20-13(14-3-2-6-22-14)8-12(19-20)15(21)18-9-4-5-10(16)11(17)7-9/h2-8H,1H3,(H,18,21). The number of nitrogens with one attached hydrogen (secondary N) is 1. The molecule has 1 amide bonds. The van der Waals surface area contributed by atoms with Gasteiger partial charge in [0.25, 0.3) is 5.91 Å². The van der Waals surface area contributed by atoms with E-state index in [9.17, 15) is 4.79 Å². The second kappa shape index (κ2) is 5.87. The Morgan fingerprint density at radius 2 is 2.05 bits per heavy atom. The molecule has 0 radical (unpaired) electrons. The van der Waals surface area contributed by atoms with E-state index in [0.29, 0.717) is 27.2 Å². The number of hydrogen-bond acceptors (Lipinski definition) is 3. The third-order valence-electron chi connectivity index (χ3n) is 3.06. The summed E-state index contributed by atoms with van der Waals surface area (Å²) in [5.74, 6) is 0.301. The van der Waals surface area contributed by atoms with Crippen molar-refractivity contribution in [1.82, 2.24) is 9.78 Å². The largest absolute Gasteiger partial charge is 0.463 e. The quantitative estimate of drug-likeness (QED) is 0.778. The van der Waals surface area contributed by atoms with E-state index in [1.165, 1.54) is 0 Å². The van der Waals surface area contributed by atoms with E-state index in [2.05, 4.69) is 10.4 Å². The number of benzene rings is 1. The summed E-state index contributed by atoms with van der Waals surface area (Å²) in [6.45, 7) is 0. The van der Waals surface area contributed by atoms with Crippen LogP contribution in [0.25, 0.3) is 11.5 Å². The number of aryl methyl sites for hydroxylation is 1. The second-order valence-electron chi connectivity index (χ2n) is 4.60. The monoisotopic (exact) mass is 335 g/mol. The van der Waals surface area contributed by atoms with E-state index in [1.54, 1.807) is 54.4 Å². The molecule has 0 bridgehead atoms. The fourth-order valence-electron chi connectivity index (χ4n) is 2.00. The van der Waals surface area contributed by atoms with Crippen molar-refractivity contribution >= 4 is 34.8 Å². The Hall–Kier alpha value is -2.24. The molecule has 3 aromatic rings. The zero-order chi connectivity index (χ0) is 15.7. The van der Waals surface area contributed by atoms with Gasteiger partial charge in [-0.05, 0) is 30.3 Å². The number of hydrogen-bond donors (Lipinski definition) is 1. The lowest BCUT2D eigenvalue weighted by Gasteiger charge is -2.04. The minimum Gasteiger partial charge on any atom is -0.463 e. The van der Waals surface area contributed by atoms with Crippen molar-refractivity contribution in [1.29, 1.82) is 0 Å². The van der Waals surface area contributed by atoms with Gasteiger partial charge in [0, 0.05) is 18.8 Å². The van der Waals surface area contributed by atoms with Crippen LogP contribution in [0.1, 0.15) is 10.5 Å². The summed E-state index contributed by atoms with van der Waals surface area (Å²) >= 11 is 11.8.